The molecule has 1 fully saturated rings. The van der Waals surface area contributed by atoms with Gasteiger partial charge in [0.2, 0.25) is 0 Å². The van der Waals surface area contributed by atoms with Crippen molar-refractivity contribution in [2.75, 3.05) is 13.7 Å². The molecule has 6 nitrogen and oxygen atoms in total. The van der Waals surface area contributed by atoms with Crippen LogP contribution in [-0.2, 0) is 9.53 Å². The molecular formula is C25H28N4O2S. The highest BCUT2D eigenvalue weighted by Gasteiger charge is 2.41. The van der Waals surface area contributed by atoms with Gasteiger partial charge in [0.25, 0.3) is 0 Å². The topological polar surface area (TPSA) is 59.4 Å². The molecule has 32 heavy (non-hydrogen) atoms. The van der Waals surface area contributed by atoms with Crippen molar-refractivity contribution >= 4 is 23.3 Å². The predicted molar refractivity (Wildman–Crippen MR) is 129 cm³/mol. The summed E-state index contributed by atoms with van der Waals surface area (Å²) in [6, 6.07) is 16.4. The zero-order valence-corrected chi connectivity index (χ0v) is 19.6. The third kappa shape index (κ3) is 4.12. The van der Waals surface area contributed by atoms with Gasteiger partial charge in [-0.05, 0) is 68.9 Å². The highest BCUT2D eigenvalue weighted by molar-refractivity contribution is 7.80. The molecule has 1 aliphatic heterocycles. The summed E-state index contributed by atoms with van der Waals surface area (Å²) in [5.41, 5.74) is 6.72. The Kier molecular flexibility index (Phi) is 6.28. The molecule has 2 aromatic heterocycles. The largest absolute Gasteiger partial charge is 0.469 e. The number of nitrogens with zero attached hydrogens (tertiary/aromatic N) is 3. The fraction of sp³-hybridized carbons (Fsp3) is 0.320. The van der Waals surface area contributed by atoms with Gasteiger partial charge in [-0.1, -0.05) is 23.8 Å². The van der Waals surface area contributed by atoms with Crippen LogP contribution in [0.5, 0.6) is 0 Å². The van der Waals surface area contributed by atoms with E-state index in [1.807, 2.05) is 18.2 Å². The third-order valence-electron chi connectivity index (χ3n) is 6.06. The van der Waals surface area contributed by atoms with E-state index in [-0.39, 0.29) is 24.5 Å². The second kappa shape index (κ2) is 9.12. The van der Waals surface area contributed by atoms with Crippen LogP contribution in [0.15, 0.2) is 54.7 Å². The van der Waals surface area contributed by atoms with E-state index in [4.69, 9.17) is 17.0 Å². The van der Waals surface area contributed by atoms with Crippen LogP contribution in [0.2, 0.25) is 0 Å². The lowest BCUT2D eigenvalue weighted by Crippen LogP contribution is -2.32. The number of ether oxygens (including phenoxy) is 1. The molecule has 0 unspecified atom stereocenters. The van der Waals surface area contributed by atoms with Crippen molar-refractivity contribution in [1.82, 2.24) is 19.8 Å². The minimum absolute atomic E-state index is 0.0903. The van der Waals surface area contributed by atoms with Gasteiger partial charge in [-0.3, -0.25) is 9.78 Å². The molecule has 2 atom stereocenters. The standard InChI is InChI=1S/C25H28N4O2S/c1-16-8-10-19(11-9-16)29-17(2)15-20(18(29)3)24-23(21-7-5-6-13-26-21)27-25(32)28(24)14-12-22(30)31-4/h5-11,13,15,23-24H,12,14H2,1-4H3,(H,27,32)/t23-,24+/m0/s1. The second-order valence-corrected chi connectivity index (χ2v) is 8.53. The summed E-state index contributed by atoms with van der Waals surface area (Å²) < 4.78 is 7.13. The predicted octanol–water partition coefficient (Wildman–Crippen LogP) is 4.33. The van der Waals surface area contributed by atoms with Gasteiger partial charge in [-0.2, -0.15) is 0 Å². The molecule has 0 bridgehead atoms. The molecule has 3 heterocycles. The summed E-state index contributed by atoms with van der Waals surface area (Å²) in [6.07, 6.45) is 2.06. The van der Waals surface area contributed by atoms with Gasteiger partial charge in [0.15, 0.2) is 5.11 Å². The van der Waals surface area contributed by atoms with Crippen molar-refractivity contribution < 1.29 is 9.53 Å². The quantitative estimate of drug-likeness (QED) is 0.447. The Hall–Kier alpha value is -3.19. The van der Waals surface area contributed by atoms with Gasteiger partial charge in [0.05, 0.1) is 31.3 Å². The van der Waals surface area contributed by atoms with E-state index in [0.717, 1.165) is 28.3 Å². The fourth-order valence-electron chi connectivity index (χ4n) is 4.48. The summed E-state index contributed by atoms with van der Waals surface area (Å²) >= 11 is 5.70. The Morgan fingerprint density at radius 1 is 1.16 bits per heavy atom. The zero-order valence-electron chi connectivity index (χ0n) is 18.8. The van der Waals surface area contributed by atoms with Gasteiger partial charge in [0.1, 0.15) is 0 Å². The maximum atomic E-state index is 11.9. The van der Waals surface area contributed by atoms with Crippen LogP contribution >= 0.6 is 12.2 Å². The smallest absolute Gasteiger partial charge is 0.307 e. The zero-order chi connectivity index (χ0) is 22.8. The number of hydrogen-bond donors (Lipinski definition) is 1. The van der Waals surface area contributed by atoms with Crippen molar-refractivity contribution in [3.8, 4) is 5.69 Å². The number of aryl methyl sites for hydroxylation is 2. The molecule has 3 aromatic rings. The van der Waals surface area contributed by atoms with Crippen molar-refractivity contribution in [2.45, 2.75) is 39.3 Å². The number of aromatic nitrogens is 2. The monoisotopic (exact) mass is 448 g/mol. The molecule has 4 rings (SSSR count). The minimum Gasteiger partial charge on any atom is -0.469 e. The second-order valence-electron chi connectivity index (χ2n) is 8.14. The van der Waals surface area contributed by atoms with Crippen molar-refractivity contribution in [1.29, 1.82) is 0 Å². The third-order valence-corrected chi connectivity index (χ3v) is 6.42. The summed E-state index contributed by atoms with van der Waals surface area (Å²) in [5.74, 6) is -0.252. The average Bonchev–Trinajstić information content (AvgIpc) is 3.28. The van der Waals surface area contributed by atoms with Crippen molar-refractivity contribution in [3.05, 3.63) is 82.9 Å². The number of pyridine rings is 1. The van der Waals surface area contributed by atoms with E-state index >= 15 is 0 Å². The van der Waals surface area contributed by atoms with Crippen molar-refractivity contribution in [2.24, 2.45) is 0 Å². The van der Waals surface area contributed by atoms with Gasteiger partial charge in [0, 0.05) is 29.8 Å². The highest BCUT2D eigenvalue weighted by Crippen LogP contribution is 2.41. The lowest BCUT2D eigenvalue weighted by atomic mass is 9.96. The number of carbonyl (C=O) groups is 1. The van der Waals surface area contributed by atoms with Gasteiger partial charge in [-0.15, -0.1) is 0 Å². The number of benzene rings is 1. The number of hydrogen-bond acceptors (Lipinski definition) is 4. The first-order chi connectivity index (χ1) is 15.4. The Morgan fingerprint density at radius 3 is 2.56 bits per heavy atom. The number of esters is 1. The molecule has 1 aromatic carbocycles. The maximum Gasteiger partial charge on any atom is 0.307 e. The lowest BCUT2D eigenvalue weighted by molar-refractivity contribution is -0.140. The highest BCUT2D eigenvalue weighted by atomic mass is 32.1. The molecule has 0 radical (unpaired) electrons. The molecule has 1 N–H and O–H groups in total. The van der Waals surface area contributed by atoms with Crippen LogP contribution in [0, 0.1) is 20.8 Å². The van der Waals surface area contributed by atoms with E-state index in [0.29, 0.717) is 11.7 Å². The van der Waals surface area contributed by atoms with Gasteiger partial charge >= 0.3 is 5.97 Å². The minimum atomic E-state index is -0.252. The molecule has 0 spiro atoms. The number of thiocarbonyl (C=S) groups is 1. The number of nitrogens with one attached hydrogen (secondary N) is 1. The number of rotatable bonds is 6. The van der Waals surface area contributed by atoms with Crippen LogP contribution in [0.4, 0.5) is 0 Å². The Bertz CT molecular complexity index is 1120. The van der Waals surface area contributed by atoms with Gasteiger partial charge < -0.3 is 19.5 Å². The van der Waals surface area contributed by atoms with E-state index in [1.165, 1.54) is 12.7 Å². The number of methoxy groups -OCH3 is 1. The summed E-state index contributed by atoms with van der Waals surface area (Å²) in [5, 5.41) is 4.07. The molecule has 7 heteroatoms. The molecule has 166 valence electrons. The number of carbonyl (C=O) groups excluding carboxylic acids is 1. The summed E-state index contributed by atoms with van der Waals surface area (Å²) in [6.45, 7) is 6.82. The molecule has 0 saturated carbocycles. The Balaban J connectivity index is 1.78. The first-order valence-electron chi connectivity index (χ1n) is 10.7. The first-order valence-corrected chi connectivity index (χ1v) is 11.1. The van der Waals surface area contributed by atoms with Crippen LogP contribution in [-0.4, -0.2) is 39.2 Å². The van der Waals surface area contributed by atoms with Gasteiger partial charge in [-0.25, -0.2) is 0 Å². The van der Waals surface area contributed by atoms with Crippen LogP contribution < -0.4 is 5.32 Å². The van der Waals surface area contributed by atoms with E-state index in [2.05, 4.69) is 70.9 Å². The average molecular weight is 449 g/mol. The normalized spacial score (nSPS) is 18.0. The first kappa shape index (κ1) is 22.0. The van der Waals surface area contributed by atoms with Crippen LogP contribution in [0.1, 0.15) is 46.7 Å². The van der Waals surface area contributed by atoms with E-state index < -0.39 is 0 Å². The maximum absolute atomic E-state index is 11.9. The molecular weight excluding hydrogens is 420 g/mol. The molecule has 0 aliphatic carbocycles. The fourth-order valence-corrected chi connectivity index (χ4v) is 4.81. The van der Waals surface area contributed by atoms with E-state index in [9.17, 15) is 4.79 Å². The lowest BCUT2D eigenvalue weighted by Gasteiger charge is -2.28. The Morgan fingerprint density at radius 2 is 1.91 bits per heavy atom. The van der Waals surface area contributed by atoms with Crippen molar-refractivity contribution in [3.63, 3.8) is 0 Å². The Labute approximate surface area is 194 Å². The molecule has 1 saturated heterocycles. The van der Waals surface area contributed by atoms with Crippen LogP contribution in [0.3, 0.4) is 0 Å². The summed E-state index contributed by atoms with van der Waals surface area (Å²) in [7, 11) is 1.41. The molecule has 0 amide bonds. The van der Waals surface area contributed by atoms with Crippen LogP contribution in [0.25, 0.3) is 5.69 Å². The molecule has 1 aliphatic rings. The SMILES string of the molecule is COC(=O)CCN1C(=S)N[C@@H](c2ccccn2)[C@H]1c1cc(C)n(-c2ccc(C)cc2)c1C. The van der Waals surface area contributed by atoms with E-state index in [1.54, 1.807) is 6.20 Å². The summed E-state index contributed by atoms with van der Waals surface area (Å²) in [4.78, 5) is 18.6.